The van der Waals surface area contributed by atoms with Crippen molar-refractivity contribution in [3.8, 4) is 6.19 Å². The van der Waals surface area contributed by atoms with Crippen molar-refractivity contribution in [1.82, 2.24) is 15.0 Å². The standard InChI is InChI=1S/C7H5N5O/c8-2-10-4-1-9-6-5(4)7(13)12-3-11-6/h1,3,10H,(H2,9,11,12,13). The van der Waals surface area contributed by atoms with Gasteiger partial charge >= 0.3 is 0 Å². The zero-order chi connectivity index (χ0) is 9.26. The Labute approximate surface area is 72.2 Å². The van der Waals surface area contributed by atoms with Gasteiger partial charge in [-0.25, -0.2) is 4.98 Å². The summed E-state index contributed by atoms with van der Waals surface area (Å²) in [5, 5.41) is 11.1. The summed E-state index contributed by atoms with van der Waals surface area (Å²) in [6.07, 6.45) is 4.57. The lowest BCUT2D eigenvalue weighted by atomic mass is 10.3. The molecule has 0 aliphatic rings. The van der Waals surface area contributed by atoms with Gasteiger partial charge in [0.2, 0.25) is 0 Å². The van der Waals surface area contributed by atoms with Gasteiger partial charge in [0.25, 0.3) is 5.56 Å². The first kappa shape index (κ1) is 7.36. The molecule has 0 saturated carbocycles. The SMILES string of the molecule is N#CNc1c[nH]c2nc[nH]c(=O)c12. The van der Waals surface area contributed by atoms with Crippen molar-refractivity contribution < 1.29 is 0 Å². The van der Waals surface area contributed by atoms with Crippen LogP contribution in [-0.4, -0.2) is 15.0 Å². The van der Waals surface area contributed by atoms with Crippen LogP contribution in [0.25, 0.3) is 11.0 Å². The number of anilines is 1. The number of hydrogen-bond acceptors (Lipinski definition) is 4. The van der Waals surface area contributed by atoms with E-state index in [0.29, 0.717) is 16.7 Å². The van der Waals surface area contributed by atoms with Gasteiger partial charge in [0.1, 0.15) is 11.0 Å². The highest BCUT2D eigenvalue weighted by atomic mass is 16.1. The summed E-state index contributed by atoms with van der Waals surface area (Å²) >= 11 is 0. The van der Waals surface area contributed by atoms with E-state index in [1.165, 1.54) is 12.5 Å². The van der Waals surface area contributed by atoms with E-state index in [-0.39, 0.29) is 5.56 Å². The number of nitriles is 1. The van der Waals surface area contributed by atoms with E-state index < -0.39 is 0 Å². The minimum atomic E-state index is -0.274. The predicted octanol–water partition coefficient (Wildman–Crippen LogP) is 0.144. The van der Waals surface area contributed by atoms with Crippen LogP contribution in [0.5, 0.6) is 0 Å². The average molecular weight is 175 g/mol. The molecule has 0 radical (unpaired) electrons. The molecular formula is C7H5N5O. The molecule has 0 spiro atoms. The van der Waals surface area contributed by atoms with Crippen molar-refractivity contribution in [2.75, 3.05) is 5.32 Å². The molecular weight excluding hydrogens is 170 g/mol. The Morgan fingerprint density at radius 2 is 2.38 bits per heavy atom. The second-order valence-electron chi connectivity index (χ2n) is 2.39. The van der Waals surface area contributed by atoms with Crippen LogP contribution in [-0.2, 0) is 0 Å². The summed E-state index contributed by atoms with van der Waals surface area (Å²) < 4.78 is 0. The largest absolute Gasteiger partial charge is 0.344 e. The van der Waals surface area contributed by atoms with Gasteiger partial charge in [0.05, 0.1) is 12.0 Å². The molecule has 13 heavy (non-hydrogen) atoms. The lowest BCUT2D eigenvalue weighted by Crippen LogP contribution is -2.06. The van der Waals surface area contributed by atoms with Crippen molar-refractivity contribution in [2.24, 2.45) is 0 Å². The molecule has 0 unspecified atom stereocenters. The van der Waals surface area contributed by atoms with Gasteiger partial charge in [0.15, 0.2) is 6.19 Å². The fourth-order valence-corrected chi connectivity index (χ4v) is 1.13. The summed E-state index contributed by atoms with van der Waals surface area (Å²) in [6.45, 7) is 0. The van der Waals surface area contributed by atoms with Crippen LogP contribution >= 0.6 is 0 Å². The van der Waals surface area contributed by atoms with Gasteiger partial charge < -0.3 is 9.97 Å². The second-order valence-corrected chi connectivity index (χ2v) is 2.39. The summed E-state index contributed by atoms with van der Waals surface area (Å²) in [4.78, 5) is 20.3. The molecule has 2 aromatic rings. The van der Waals surface area contributed by atoms with E-state index >= 15 is 0 Å². The normalized spacial score (nSPS) is 9.77. The molecule has 2 heterocycles. The van der Waals surface area contributed by atoms with E-state index in [4.69, 9.17) is 5.26 Å². The maximum atomic E-state index is 11.3. The summed E-state index contributed by atoms with van der Waals surface area (Å²) in [6, 6.07) is 0. The van der Waals surface area contributed by atoms with Gasteiger partial charge in [-0.05, 0) is 0 Å². The lowest BCUT2D eigenvalue weighted by Gasteiger charge is -1.90. The Morgan fingerprint density at radius 3 is 3.15 bits per heavy atom. The van der Waals surface area contributed by atoms with Gasteiger partial charge in [-0.3, -0.25) is 10.1 Å². The third-order valence-corrected chi connectivity index (χ3v) is 1.67. The molecule has 6 heteroatoms. The van der Waals surface area contributed by atoms with Gasteiger partial charge in [-0.15, -0.1) is 0 Å². The first-order valence-electron chi connectivity index (χ1n) is 3.53. The smallest absolute Gasteiger partial charge is 0.262 e. The Bertz CT molecular complexity index is 532. The van der Waals surface area contributed by atoms with Crippen molar-refractivity contribution in [1.29, 1.82) is 5.26 Å². The van der Waals surface area contributed by atoms with Crippen LogP contribution in [0.15, 0.2) is 17.3 Å². The maximum absolute atomic E-state index is 11.3. The van der Waals surface area contributed by atoms with E-state index in [1.807, 2.05) is 0 Å². The number of nitrogens with one attached hydrogen (secondary N) is 3. The van der Waals surface area contributed by atoms with Crippen molar-refractivity contribution in [2.45, 2.75) is 0 Å². The number of hydrogen-bond donors (Lipinski definition) is 3. The minimum Gasteiger partial charge on any atom is -0.344 e. The lowest BCUT2D eigenvalue weighted by molar-refractivity contribution is 1.16. The number of aromatic amines is 2. The van der Waals surface area contributed by atoms with Gasteiger partial charge in [0, 0.05) is 6.20 Å². The zero-order valence-corrected chi connectivity index (χ0v) is 6.46. The number of fused-ring (bicyclic) bond motifs is 1. The van der Waals surface area contributed by atoms with E-state index in [9.17, 15) is 4.79 Å². The predicted molar refractivity (Wildman–Crippen MR) is 46.0 cm³/mol. The molecule has 2 aromatic heterocycles. The zero-order valence-electron chi connectivity index (χ0n) is 6.46. The highest BCUT2D eigenvalue weighted by molar-refractivity contribution is 5.89. The molecule has 3 N–H and O–H groups in total. The molecule has 0 amide bonds. The number of rotatable bonds is 1. The molecule has 0 aromatic carbocycles. The van der Waals surface area contributed by atoms with E-state index in [1.54, 1.807) is 6.19 Å². The molecule has 0 aliphatic heterocycles. The molecule has 0 bridgehead atoms. The molecule has 0 fully saturated rings. The van der Waals surface area contributed by atoms with Crippen LogP contribution in [0, 0.1) is 11.5 Å². The van der Waals surface area contributed by atoms with E-state index in [0.717, 1.165) is 0 Å². The van der Waals surface area contributed by atoms with Crippen LogP contribution < -0.4 is 10.9 Å². The van der Waals surface area contributed by atoms with Crippen molar-refractivity contribution in [3.05, 3.63) is 22.9 Å². The Kier molecular flexibility index (Phi) is 1.49. The van der Waals surface area contributed by atoms with Gasteiger partial charge in [-0.2, -0.15) is 5.26 Å². The summed E-state index contributed by atoms with van der Waals surface area (Å²) in [7, 11) is 0. The molecule has 0 saturated heterocycles. The summed E-state index contributed by atoms with van der Waals surface area (Å²) in [5.74, 6) is 0. The third kappa shape index (κ3) is 1.03. The first-order chi connectivity index (χ1) is 6.33. The monoisotopic (exact) mass is 175 g/mol. The molecule has 6 nitrogen and oxygen atoms in total. The maximum Gasteiger partial charge on any atom is 0.262 e. The third-order valence-electron chi connectivity index (χ3n) is 1.67. The average Bonchev–Trinajstić information content (AvgIpc) is 2.51. The van der Waals surface area contributed by atoms with Crippen molar-refractivity contribution in [3.63, 3.8) is 0 Å². The summed E-state index contributed by atoms with van der Waals surface area (Å²) in [5.41, 5.74) is 0.623. The van der Waals surface area contributed by atoms with Crippen LogP contribution in [0.4, 0.5) is 5.69 Å². The minimum absolute atomic E-state index is 0.274. The van der Waals surface area contributed by atoms with Gasteiger partial charge in [-0.1, -0.05) is 0 Å². The quantitative estimate of drug-likeness (QED) is 0.424. The Morgan fingerprint density at radius 1 is 1.54 bits per heavy atom. The Hall–Kier alpha value is -2.29. The first-order valence-corrected chi connectivity index (χ1v) is 3.53. The molecule has 0 aliphatic carbocycles. The highest BCUT2D eigenvalue weighted by Gasteiger charge is 2.06. The molecule has 0 atom stereocenters. The second kappa shape index (κ2) is 2.64. The topological polar surface area (TPSA) is 97.4 Å². The highest BCUT2D eigenvalue weighted by Crippen LogP contribution is 2.15. The fraction of sp³-hybridized carbons (Fsp3) is 0. The Balaban J connectivity index is 2.80. The fourth-order valence-electron chi connectivity index (χ4n) is 1.13. The number of aromatic nitrogens is 3. The van der Waals surface area contributed by atoms with Crippen molar-refractivity contribution >= 4 is 16.7 Å². The number of nitrogens with zero attached hydrogens (tertiary/aromatic N) is 2. The molecule has 64 valence electrons. The number of H-pyrrole nitrogens is 2. The van der Waals surface area contributed by atoms with E-state index in [2.05, 4.69) is 20.3 Å². The molecule has 2 rings (SSSR count). The van der Waals surface area contributed by atoms with Crippen LogP contribution in [0.2, 0.25) is 0 Å². The van der Waals surface area contributed by atoms with Crippen LogP contribution in [0.1, 0.15) is 0 Å². The van der Waals surface area contributed by atoms with Crippen LogP contribution in [0.3, 0.4) is 0 Å².